The number of unbranched alkanes of at least 4 members (excludes halogenated alkanes) is 1. The van der Waals surface area contributed by atoms with Crippen molar-refractivity contribution in [1.29, 1.82) is 0 Å². The minimum Gasteiger partial charge on any atom is -0.383 e. The average molecular weight is 458 g/mol. The Morgan fingerprint density at radius 3 is 2.73 bits per heavy atom. The Kier molecular flexibility index (Phi) is 8.85. The van der Waals surface area contributed by atoms with Crippen LogP contribution in [0.5, 0.6) is 0 Å². The lowest BCUT2D eigenvalue weighted by Crippen LogP contribution is -2.48. The number of ether oxygens (including phenoxy) is 1. The van der Waals surface area contributed by atoms with Gasteiger partial charge in [0, 0.05) is 33.3 Å². The number of rotatable bonds is 10. The summed E-state index contributed by atoms with van der Waals surface area (Å²) < 4.78 is 6.55. The number of nitrogens with zero attached hydrogens (tertiary/aromatic N) is 3. The van der Waals surface area contributed by atoms with E-state index in [2.05, 4.69) is 22.0 Å². The number of carbonyl (C=O) groups is 1. The molecule has 1 saturated heterocycles. The number of H-pyrrole nitrogens is 1. The molecule has 1 atom stereocenters. The second kappa shape index (κ2) is 11.8. The van der Waals surface area contributed by atoms with Crippen molar-refractivity contribution >= 4 is 17.4 Å². The summed E-state index contributed by atoms with van der Waals surface area (Å²) in [6, 6.07) is 10.2. The number of carbonyl (C=O) groups excluding carboxylic acids is 1. The van der Waals surface area contributed by atoms with E-state index in [9.17, 15) is 14.4 Å². The lowest BCUT2D eigenvalue weighted by Gasteiger charge is -2.35. The molecule has 0 bridgehead atoms. The van der Waals surface area contributed by atoms with E-state index in [1.165, 1.54) is 15.0 Å². The normalized spacial score (nSPS) is 16.6. The molecule has 0 aliphatic carbocycles. The summed E-state index contributed by atoms with van der Waals surface area (Å²) in [6.07, 6.45) is 3.23. The molecular weight excluding hydrogens is 422 g/mol. The summed E-state index contributed by atoms with van der Waals surface area (Å²) in [6.45, 7) is 5.11. The lowest BCUT2D eigenvalue weighted by atomic mass is 9.95. The molecule has 1 amide bonds. The zero-order valence-electron chi connectivity index (χ0n) is 19.6. The number of methoxy groups -OCH3 is 1. The van der Waals surface area contributed by atoms with Crippen LogP contribution < -0.4 is 21.9 Å². The summed E-state index contributed by atoms with van der Waals surface area (Å²) in [4.78, 5) is 44.8. The summed E-state index contributed by atoms with van der Waals surface area (Å²) in [5.74, 6) is -0.407. The molecule has 1 fully saturated rings. The predicted octanol–water partition coefficient (Wildman–Crippen LogP) is 1.81. The second-order valence-electron chi connectivity index (χ2n) is 8.54. The number of anilines is 2. The largest absolute Gasteiger partial charge is 0.383 e. The molecule has 2 aromatic rings. The topological polar surface area (TPSA) is 114 Å². The number of likely N-dealkylation sites (tertiary alicyclic amines) is 1. The highest BCUT2D eigenvalue weighted by Gasteiger charge is 2.32. The van der Waals surface area contributed by atoms with E-state index in [0.717, 1.165) is 38.8 Å². The third kappa shape index (κ3) is 6.11. The minimum atomic E-state index is -0.647. The molecule has 0 radical (unpaired) electrons. The Hall–Kier alpha value is -2.91. The van der Waals surface area contributed by atoms with Crippen LogP contribution >= 0.6 is 0 Å². The molecule has 0 spiro atoms. The van der Waals surface area contributed by atoms with E-state index >= 15 is 0 Å². The predicted molar refractivity (Wildman–Crippen MR) is 129 cm³/mol. The third-order valence-corrected chi connectivity index (χ3v) is 6.11. The monoisotopic (exact) mass is 457 g/mol. The first-order valence-corrected chi connectivity index (χ1v) is 11.7. The van der Waals surface area contributed by atoms with Gasteiger partial charge in [-0.1, -0.05) is 43.7 Å². The van der Waals surface area contributed by atoms with Crippen molar-refractivity contribution < 1.29 is 9.53 Å². The zero-order chi connectivity index (χ0) is 23.8. The second-order valence-corrected chi connectivity index (χ2v) is 8.54. The van der Waals surface area contributed by atoms with Crippen LogP contribution in [0, 0.1) is 5.92 Å². The van der Waals surface area contributed by atoms with E-state index in [0.29, 0.717) is 13.1 Å². The highest BCUT2D eigenvalue weighted by molar-refractivity contribution is 5.97. The number of amides is 1. The number of aromatic nitrogens is 2. The molecule has 1 aliphatic rings. The van der Waals surface area contributed by atoms with E-state index in [1.807, 2.05) is 25.1 Å². The molecule has 2 heterocycles. The molecule has 1 aromatic heterocycles. The number of nitrogens with one attached hydrogen (secondary N) is 1. The minimum absolute atomic E-state index is 0.0265. The number of nitrogens with two attached hydrogens (primary N) is 1. The first-order chi connectivity index (χ1) is 16.0. The zero-order valence-corrected chi connectivity index (χ0v) is 19.6. The number of hydrogen-bond acceptors (Lipinski definition) is 6. The van der Waals surface area contributed by atoms with Crippen molar-refractivity contribution in [2.75, 3.05) is 44.0 Å². The van der Waals surface area contributed by atoms with E-state index in [1.54, 1.807) is 7.11 Å². The fourth-order valence-corrected chi connectivity index (χ4v) is 4.35. The van der Waals surface area contributed by atoms with Gasteiger partial charge < -0.3 is 15.4 Å². The van der Waals surface area contributed by atoms with E-state index in [-0.39, 0.29) is 36.5 Å². The molecule has 1 aromatic carbocycles. The molecule has 1 unspecified atom stereocenters. The molecule has 0 saturated carbocycles. The van der Waals surface area contributed by atoms with Crippen molar-refractivity contribution in [3.63, 3.8) is 0 Å². The Balaban J connectivity index is 1.87. The molecule has 3 N–H and O–H groups in total. The van der Waals surface area contributed by atoms with Crippen molar-refractivity contribution in [2.45, 2.75) is 45.7 Å². The highest BCUT2D eigenvalue weighted by Crippen LogP contribution is 2.25. The molecule has 180 valence electrons. The van der Waals surface area contributed by atoms with Crippen molar-refractivity contribution in [2.24, 2.45) is 5.92 Å². The van der Waals surface area contributed by atoms with Crippen LogP contribution in [-0.4, -0.2) is 53.7 Å². The maximum atomic E-state index is 13.7. The Bertz CT molecular complexity index is 1030. The van der Waals surface area contributed by atoms with Crippen molar-refractivity contribution in [1.82, 2.24) is 14.5 Å². The van der Waals surface area contributed by atoms with Crippen LogP contribution in [0.15, 0.2) is 39.9 Å². The van der Waals surface area contributed by atoms with Crippen molar-refractivity contribution in [3.8, 4) is 0 Å². The van der Waals surface area contributed by atoms with Gasteiger partial charge in [-0.05, 0) is 31.4 Å². The van der Waals surface area contributed by atoms with Gasteiger partial charge in [-0.2, -0.15) is 0 Å². The summed E-state index contributed by atoms with van der Waals surface area (Å²) in [5.41, 5.74) is 6.33. The average Bonchev–Trinajstić information content (AvgIpc) is 2.81. The van der Waals surface area contributed by atoms with Crippen molar-refractivity contribution in [3.05, 3.63) is 56.7 Å². The molecule has 9 heteroatoms. The van der Waals surface area contributed by atoms with Gasteiger partial charge in [0.2, 0.25) is 5.91 Å². The van der Waals surface area contributed by atoms with Gasteiger partial charge in [0.05, 0.1) is 12.5 Å². The maximum Gasteiger partial charge on any atom is 0.330 e. The smallest absolute Gasteiger partial charge is 0.330 e. The van der Waals surface area contributed by atoms with E-state index in [4.69, 9.17) is 10.5 Å². The molecule has 33 heavy (non-hydrogen) atoms. The van der Waals surface area contributed by atoms with Crippen LogP contribution in [0.1, 0.15) is 38.2 Å². The van der Waals surface area contributed by atoms with Crippen LogP contribution in [0.4, 0.5) is 11.5 Å². The standard InChI is InChI=1S/C24H35N5O4/c1-3-4-13-29-21(25)20(22(30)26-24(29)32)28(14-15-33-2)23(31)19-11-8-12-27(17-19)16-18-9-6-5-7-10-18/h5-7,9-10,19H,3-4,8,11-17,25H2,1-2H3,(H,26,30,32). The quantitative estimate of drug-likeness (QED) is 0.563. The van der Waals surface area contributed by atoms with Gasteiger partial charge >= 0.3 is 5.69 Å². The molecule has 3 rings (SSSR count). The van der Waals surface area contributed by atoms with Gasteiger partial charge in [-0.25, -0.2) is 4.79 Å². The molecule has 1 aliphatic heterocycles. The van der Waals surface area contributed by atoms with Crippen LogP contribution in [0.25, 0.3) is 0 Å². The summed E-state index contributed by atoms with van der Waals surface area (Å²) in [5, 5.41) is 0. The summed E-state index contributed by atoms with van der Waals surface area (Å²) >= 11 is 0. The Labute approximate surface area is 194 Å². The summed E-state index contributed by atoms with van der Waals surface area (Å²) in [7, 11) is 1.54. The SMILES string of the molecule is CCCCn1c(N)c(N(CCOC)C(=O)C2CCCN(Cc3ccccc3)C2)c(=O)[nH]c1=O. The van der Waals surface area contributed by atoms with Crippen LogP contribution in [0.2, 0.25) is 0 Å². The van der Waals surface area contributed by atoms with Gasteiger partial charge in [0.25, 0.3) is 5.56 Å². The van der Waals surface area contributed by atoms with Gasteiger partial charge in [0.1, 0.15) is 5.82 Å². The third-order valence-electron chi connectivity index (χ3n) is 6.11. The lowest BCUT2D eigenvalue weighted by molar-refractivity contribution is -0.124. The fourth-order valence-electron chi connectivity index (χ4n) is 4.35. The number of hydrogen-bond donors (Lipinski definition) is 2. The number of aromatic amines is 1. The number of piperidine rings is 1. The molecular formula is C24H35N5O4. The Morgan fingerprint density at radius 1 is 1.27 bits per heavy atom. The molecule has 9 nitrogen and oxygen atoms in total. The van der Waals surface area contributed by atoms with Gasteiger partial charge in [-0.3, -0.25) is 24.0 Å². The number of benzene rings is 1. The first-order valence-electron chi connectivity index (χ1n) is 11.7. The first kappa shape index (κ1) is 24.7. The maximum absolute atomic E-state index is 13.7. The van der Waals surface area contributed by atoms with E-state index < -0.39 is 11.2 Å². The van der Waals surface area contributed by atoms with Crippen LogP contribution in [-0.2, 0) is 22.6 Å². The Morgan fingerprint density at radius 2 is 2.03 bits per heavy atom. The van der Waals surface area contributed by atoms with Gasteiger partial charge in [0.15, 0.2) is 5.69 Å². The fraction of sp³-hybridized carbons (Fsp3) is 0.542. The number of nitrogen functional groups attached to an aromatic ring is 1. The van der Waals surface area contributed by atoms with Crippen LogP contribution in [0.3, 0.4) is 0 Å². The highest BCUT2D eigenvalue weighted by atomic mass is 16.5. The van der Waals surface area contributed by atoms with Gasteiger partial charge in [-0.15, -0.1) is 0 Å².